The average Bonchev–Trinajstić information content (AvgIpc) is 2.41. The van der Waals surface area contributed by atoms with Crippen molar-refractivity contribution >= 4 is 5.69 Å². The lowest BCUT2D eigenvalue weighted by Crippen LogP contribution is -2.08. The van der Waals surface area contributed by atoms with Gasteiger partial charge in [-0.2, -0.15) is 0 Å². The van der Waals surface area contributed by atoms with Crippen LogP contribution < -0.4 is 10.1 Å². The van der Waals surface area contributed by atoms with Crippen molar-refractivity contribution in [3.8, 4) is 5.75 Å². The standard InChI is InChI=1S/C16H19NO/c1-12-8-4-6-10-15(12)17-13(2)14-9-5-7-11-16(14)18-3/h4-11,13,17H,1-3H3. The topological polar surface area (TPSA) is 21.3 Å². The summed E-state index contributed by atoms with van der Waals surface area (Å²) in [7, 11) is 1.71. The number of anilines is 1. The molecule has 0 aliphatic heterocycles. The fourth-order valence-corrected chi connectivity index (χ4v) is 2.07. The first kappa shape index (κ1) is 12.5. The second kappa shape index (κ2) is 5.58. The molecule has 0 saturated heterocycles. The first-order valence-electron chi connectivity index (χ1n) is 6.17. The van der Waals surface area contributed by atoms with Crippen LogP contribution in [-0.4, -0.2) is 7.11 Å². The molecule has 0 aliphatic carbocycles. The van der Waals surface area contributed by atoms with Gasteiger partial charge in [0.05, 0.1) is 13.2 Å². The summed E-state index contributed by atoms with van der Waals surface area (Å²) in [5, 5.41) is 3.52. The van der Waals surface area contributed by atoms with Crippen LogP contribution in [0.15, 0.2) is 48.5 Å². The highest BCUT2D eigenvalue weighted by Gasteiger charge is 2.11. The Morgan fingerprint density at radius 3 is 2.39 bits per heavy atom. The number of hydrogen-bond acceptors (Lipinski definition) is 2. The predicted octanol–water partition coefficient (Wildman–Crippen LogP) is 4.18. The molecule has 94 valence electrons. The lowest BCUT2D eigenvalue weighted by atomic mass is 10.1. The van der Waals surface area contributed by atoms with Crippen LogP contribution in [0.3, 0.4) is 0 Å². The van der Waals surface area contributed by atoms with Gasteiger partial charge in [0.2, 0.25) is 0 Å². The van der Waals surface area contributed by atoms with E-state index in [0.717, 1.165) is 11.4 Å². The minimum absolute atomic E-state index is 0.210. The van der Waals surface area contributed by atoms with Gasteiger partial charge in [0.1, 0.15) is 5.75 Å². The Hall–Kier alpha value is -1.96. The average molecular weight is 241 g/mol. The lowest BCUT2D eigenvalue weighted by Gasteiger charge is -2.19. The summed E-state index contributed by atoms with van der Waals surface area (Å²) in [5.74, 6) is 0.922. The van der Waals surface area contributed by atoms with Crippen molar-refractivity contribution in [2.45, 2.75) is 19.9 Å². The zero-order chi connectivity index (χ0) is 13.0. The SMILES string of the molecule is COc1ccccc1C(C)Nc1ccccc1C. The summed E-state index contributed by atoms with van der Waals surface area (Å²) in [5.41, 5.74) is 3.58. The van der Waals surface area contributed by atoms with Crippen molar-refractivity contribution in [3.63, 3.8) is 0 Å². The Morgan fingerprint density at radius 1 is 1.00 bits per heavy atom. The minimum Gasteiger partial charge on any atom is -0.496 e. The van der Waals surface area contributed by atoms with E-state index in [1.54, 1.807) is 7.11 Å². The molecule has 0 radical (unpaired) electrons. The van der Waals surface area contributed by atoms with Crippen molar-refractivity contribution in [2.24, 2.45) is 0 Å². The molecule has 2 aromatic rings. The van der Waals surface area contributed by atoms with Crippen molar-refractivity contribution < 1.29 is 4.74 Å². The number of rotatable bonds is 4. The maximum Gasteiger partial charge on any atom is 0.124 e. The molecule has 0 aromatic heterocycles. The molecule has 0 saturated carbocycles. The monoisotopic (exact) mass is 241 g/mol. The summed E-state index contributed by atoms with van der Waals surface area (Å²) >= 11 is 0. The molecule has 0 fully saturated rings. The predicted molar refractivity (Wildman–Crippen MR) is 76.2 cm³/mol. The Kier molecular flexibility index (Phi) is 3.88. The van der Waals surface area contributed by atoms with Gasteiger partial charge in [-0.1, -0.05) is 36.4 Å². The summed E-state index contributed by atoms with van der Waals surface area (Å²) in [6.07, 6.45) is 0. The highest BCUT2D eigenvalue weighted by Crippen LogP contribution is 2.28. The van der Waals surface area contributed by atoms with Crippen LogP contribution in [0.1, 0.15) is 24.1 Å². The Balaban J connectivity index is 2.22. The number of ether oxygens (including phenoxy) is 1. The maximum atomic E-state index is 5.39. The van der Waals surface area contributed by atoms with E-state index in [0.29, 0.717) is 0 Å². The number of benzene rings is 2. The second-order valence-corrected chi connectivity index (χ2v) is 4.42. The molecule has 2 rings (SSSR count). The first-order chi connectivity index (χ1) is 8.72. The van der Waals surface area contributed by atoms with Gasteiger partial charge in [-0.05, 0) is 31.5 Å². The number of hydrogen-bond donors (Lipinski definition) is 1. The van der Waals surface area contributed by atoms with E-state index in [1.165, 1.54) is 11.1 Å². The third kappa shape index (κ3) is 2.65. The van der Waals surface area contributed by atoms with Crippen LogP contribution in [0, 0.1) is 6.92 Å². The zero-order valence-electron chi connectivity index (χ0n) is 11.1. The number of methoxy groups -OCH3 is 1. The zero-order valence-corrected chi connectivity index (χ0v) is 11.1. The molecule has 1 atom stereocenters. The summed E-state index contributed by atoms with van der Waals surface area (Å²) in [6.45, 7) is 4.25. The van der Waals surface area contributed by atoms with Gasteiger partial charge >= 0.3 is 0 Å². The van der Waals surface area contributed by atoms with Crippen LogP contribution in [-0.2, 0) is 0 Å². The van der Waals surface area contributed by atoms with Gasteiger partial charge in [0, 0.05) is 11.3 Å². The van der Waals surface area contributed by atoms with Crippen molar-refractivity contribution in [1.29, 1.82) is 0 Å². The van der Waals surface area contributed by atoms with Crippen LogP contribution >= 0.6 is 0 Å². The molecule has 2 aromatic carbocycles. The lowest BCUT2D eigenvalue weighted by molar-refractivity contribution is 0.408. The summed E-state index contributed by atoms with van der Waals surface area (Å²) in [6, 6.07) is 16.6. The van der Waals surface area contributed by atoms with Crippen LogP contribution in [0.2, 0.25) is 0 Å². The molecule has 0 amide bonds. The molecular formula is C16H19NO. The molecule has 0 spiro atoms. The van der Waals surface area contributed by atoms with E-state index in [4.69, 9.17) is 4.74 Å². The van der Waals surface area contributed by atoms with Crippen LogP contribution in [0.25, 0.3) is 0 Å². The molecule has 1 unspecified atom stereocenters. The van der Waals surface area contributed by atoms with Crippen LogP contribution in [0.5, 0.6) is 5.75 Å². The minimum atomic E-state index is 0.210. The van der Waals surface area contributed by atoms with E-state index >= 15 is 0 Å². The normalized spacial score (nSPS) is 11.9. The van der Waals surface area contributed by atoms with Gasteiger partial charge < -0.3 is 10.1 Å². The maximum absolute atomic E-state index is 5.39. The van der Waals surface area contributed by atoms with E-state index in [2.05, 4.69) is 37.4 Å². The van der Waals surface area contributed by atoms with Gasteiger partial charge in [0.25, 0.3) is 0 Å². The molecule has 18 heavy (non-hydrogen) atoms. The molecule has 0 aliphatic rings. The molecule has 0 bridgehead atoms. The summed E-state index contributed by atoms with van der Waals surface area (Å²) < 4.78 is 5.39. The molecular weight excluding hydrogens is 222 g/mol. The Bertz CT molecular complexity index is 522. The smallest absolute Gasteiger partial charge is 0.124 e. The summed E-state index contributed by atoms with van der Waals surface area (Å²) in [4.78, 5) is 0. The third-order valence-corrected chi connectivity index (χ3v) is 3.12. The highest BCUT2D eigenvalue weighted by atomic mass is 16.5. The number of nitrogens with one attached hydrogen (secondary N) is 1. The van der Waals surface area contributed by atoms with Gasteiger partial charge in [-0.15, -0.1) is 0 Å². The largest absolute Gasteiger partial charge is 0.496 e. The van der Waals surface area contributed by atoms with Gasteiger partial charge in [-0.25, -0.2) is 0 Å². The van der Waals surface area contributed by atoms with Crippen LogP contribution in [0.4, 0.5) is 5.69 Å². The fraction of sp³-hybridized carbons (Fsp3) is 0.250. The highest BCUT2D eigenvalue weighted by molar-refractivity contribution is 5.52. The van der Waals surface area contributed by atoms with E-state index in [9.17, 15) is 0 Å². The van der Waals surface area contributed by atoms with E-state index in [-0.39, 0.29) is 6.04 Å². The third-order valence-electron chi connectivity index (χ3n) is 3.12. The van der Waals surface area contributed by atoms with Gasteiger partial charge in [0.15, 0.2) is 0 Å². The Morgan fingerprint density at radius 2 is 1.67 bits per heavy atom. The van der Waals surface area contributed by atoms with Crippen molar-refractivity contribution in [3.05, 3.63) is 59.7 Å². The first-order valence-corrected chi connectivity index (χ1v) is 6.17. The number of aryl methyl sites for hydroxylation is 1. The van der Waals surface area contributed by atoms with Gasteiger partial charge in [-0.3, -0.25) is 0 Å². The van der Waals surface area contributed by atoms with E-state index in [1.807, 2.05) is 30.3 Å². The number of para-hydroxylation sites is 2. The van der Waals surface area contributed by atoms with E-state index < -0.39 is 0 Å². The van der Waals surface area contributed by atoms with Crippen molar-refractivity contribution in [2.75, 3.05) is 12.4 Å². The second-order valence-electron chi connectivity index (χ2n) is 4.42. The molecule has 2 heteroatoms. The molecule has 2 nitrogen and oxygen atoms in total. The van der Waals surface area contributed by atoms with Crippen molar-refractivity contribution in [1.82, 2.24) is 0 Å². The quantitative estimate of drug-likeness (QED) is 0.867. The molecule has 1 N–H and O–H groups in total. The molecule has 0 heterocycles. The Labute approximate surface area is 109 Å². The fourth-order valence-electron chi connectivity index (χ4n) is 2.07.